The molecule has 1 heterocycles. The second kappa shape index (κ2) is 8.86. The third kappa shape index (κ3) is 4.64. The molecule has 1 atom stereocenters. The molecule has 0 saturated carbocycles. The van der Waals surface area contributed by atoms with Crippen LogP contribution in [-0.4, -0.2) is 37.0 Å². The smallest absolute Gasteiger partial charge is 0.227 e. The molecule has 0 radical (unpaired) electrons. The highest BCUT2D eigenvalue weighted by atomic mass is 16.5. The number of hydrogen-bond acceptors (Lipinski definition) is 3. The Morgan fingerprint density at radius 3 is 2.69 bits per heavy atom. The molecule has 138 valence electrons. The summed E-state index contributed by atoms with van der Waals surface area (Å²) in [4.78, 5) is 14.8. The number of rotatable bonds is 6. The van der Waals surface area contributed by atoms with Crippen LogP contribution in [0.15, 0.2) is 48.5 Å². The zero-order valence-electron chi connectivity index (χ0n) is 15.5. The van der Waals surface area contributed by atoms with Crippen LogP contribution in [-0.2, 0) is 11.2 Å². The average Bonchev–Trinajstić information content (AvgIpc) is 2.68. The Morgan fingerprint density at radius 1 is 1.19 bits per heavy atom. The van der Waals surface area contributed by atoms with Gasteiger partial charge in [0.2, 0.25) is 5.91 Å². The van der Waals surface area contributed by atoms with Crippen LogP contribution in [0.4, 0.5) is 0 Å². The Balaban J connectivity index is 1.60. The molecular weight excluding hydrogens is 324 g/mol. The lowest BCUT2D eigenvalue weighted by atomic mass is 9.88. The Labute approximate surface area is 156 Å². The highest BCUT2D eigenvalue weighted by Gasteiger charge is 2.25. The minimum absolute atomic E-state index is 0.207. The lowest BCUT2D eigenvalue weighted by Crippen LogP contribution is -2.40. The van der Waals surface area contributed by atoms with Crippen LogP contribution in [0.5, 0.6) is 5.75 Å². The van der Waals surface area contributed by atoms with E-state index in [1.165, 1.54) is 11.1 Å². The summed E-state index contributed by atoms with van der Waals surface area (Å²) >= 11 is 0. The van der Waals surface area contributed by atoms with Gasteiger partial charge >= 0.3 is 0 Å². The maximum absolute atomic E-state index is 12.8. The SMILES string of the molecule is Cc1ccccc1[C@@H]1CCCN(C(=O)Cc2ccc(OCCN)cc2)C1. The molecule has 26 heavy (non-hydrogen) atoms. The number of benzene rings is 2. The summed E-state index contributed by atoms with van der Waals surface area (Å²) in [5, 5.41) is 0. The normalized spacial score (nSPS) is 17.2. The van der Waals surface area contributed by atoms with Gasteiger partial charge in [0.1, 0.15) is 12.4 Å². The summed E-state index contributed by atoms with van der Waals surface area (Å²) in [7, 11) is 0. The topological polar surface area (TPSA) is 55.6 Å². The first-order valence-corrected chi connectivity index (χ1v) is 9.42. The molecule has 0 unspecified atom stereocenters. The van der Waals surface area contributed by atoms with Gasteiger partial charge in [-0.2, -0.15) is 0 Å². The summed E-state index contributed by atoms with van der Waals surface area (Å²) in [6, 6.07) is 16.3. The predicted molar refractivity (Wildman–Crippen MR) is 104 cm³/mol. The minimum Gasteiger partial charge on any atom is -0.492 e. The third-order valence-corrected chi connectivity index (χ3v) is 5.07. The zero-order chi connectivity index (χ0) is 18.4. The van der Waals surface area contributed by atoms with E-state index in [2.05, 4.69) is 31.2 Å². The van der Waals surface area contributed by atoms with Crippen LogP contribution in [0.2, 0.25) is 0 Å². The van der Waals surface area contributed by atoms with Crippen LogP contribution in [0, 0.1) is 6.92 Å². The van der Waals surface area contributed by atoms with Crippen molar-refractivity contribution in [3.8, 4) is 5.75 Å². The Hall–Kier alpha value is -2.33. The highest BCUT2D eigenvalue weighted by Crippen LogP contribution is 2.29. The molecule has 0 aromatic heterocycles. The van der Waals surface area contributed by atoms with Crippen molar-refractivity contribution in [2.75, 3.05) is 26.2 Å². The van der Waals surface area contributed by atoms with E-state index in [9.17, 15) is 4.79 Å². The molecular formula is C22H28N2O2. The molecule has 4 heteroatoms. The Kier molecular flexibility index (Phi) is 6.29. The monoisotopic (exact) mass is 352 g/mol. The van der Waals surface area contributed by atoms with Crippen LogP contribution in [0.3, 0.4) is 0 Å². The lowest BCUT2D eigenvalue weighted by Gasteiger charge is -2.34. The van der Waals surface area contributed by atoms with Gasteiger partial charge in [0.25, 0.3) is 0 Å². The maximum Gasteiger partial charge on any atom is 0.227 e. The quantitative estimate of drug-likeness (QED) is 0.868. The summed E-state index contributed by atoms with van der Waals surface area (Å²) in [6.45, 7) is 4.84. The van der Waals surface area contributed by atoms with E-state index in [0.717, 1.165) is 37.2 Å². The molecule has 1 aliphatic rings. The second-order valence-electron chi connectivity index (χ2n) is 6.99. The first kappa shape index (κ1) is 18.5. The van der Waals surface area contributed by atoms with E-state index < -0.39 is 0 Å². The van der Waals surface area contributed by atoms with E-state index >= 15 is 0 Å². The fourth-order valence-electron chi connectivity index (χ4n) is 3.67. The number of hydrogen-bond donors (Lipinski definition) is 1. The third-order valence-electron chi connectivity index (χ3n) is 5.07. The van der Waals surface area contributed by atoms with Gasteiger partial charge in [-0.1, -0.05) is 36.4 Å². The molecule has 0 aliphatic carbocycles. The second-order valence-corrected chi connectivity index (χ2v) is 6.99. The predicted octanol–water partition coefficient (Wildman–Crippen LogP) is 3.28. The van der Waals surface area contributed by atoms with Crippen LogP contribution in [0.1, 0.15) is 35.4 Å². The number of carbonyl (C=O) groups is 1. The fraction of sp³-hybridized carbons (Fsp3) is 0.409. The number of likely N-dealkylation sites (tertiary alicyclic amines) is 1. The Morgan fingerprint density at radius 2 is 1.96 bits per heavy atom. The zero-order valence-corrected chi connectivity index (χ0v) is 15.5. The number of aryl methyl sites for hydroxylation is 1. The number of nitrogens with zero attached hydrogens (tertiary/aromatic N) is 1. The van der Waals surface area contributed by atoms with Gasteiger partial charge in [0.15, 0.2) is 0 Å². The van der Waals surface area contributed by atoms with Crippen LogP contribution >= 0.6 is 0 Å². The summed E-state index contributed by atoms with van der Waals surface area (Å²) in [6.07, 6.45) is 2.66. The number of nitrogens with two attached hydrogens (primary N) is 1. The molecule has 0 bridgehead atoms. The molecule has 2 aromatic carbocycles. The minimum atomic E-state index is 0.207. The van der Waals surface area contributed by atoms with E-state index in [0.29, 0.717) is 25.5 Å². The molecule has 1 saturated heterocycles. The van der Waals surface area contributed by atoms with Gasteiger partial charge in [-0.25, -0.2) is 0 Å². The number of amides is 1. The van der Waals surface area contributed by atoms with Crippen LogP contribution < -0.4 is 10.5 Å². The van der Waals surface area contributed by atoms with Gasteiger partial charge < -0.3 is 15.4 Å². The molecule has 1 fully saturated rings. The van der Waals surface area contributed by atoms with Crippen molar-refractivity contribution in [1.82, 2.24) is 4.90 Å². The molecule has 3 rings (SSSR count). The summed E-state index contributed by atoms with van der Waals surface area (Å²) < 4.78 is 5.49. The fourth-order valence-corrected chi connectivity index (χ4v) is 3.67. The van der Waals surface area contributed by atoms with Crippen molar-refractivity contribution in [3.63, 3.8) is 0 Å². The first-order chi connectivity index (χ1) is 12.7. The van der Waals surface area contributed by atoms with E-state index in [1.54, 1.807) is 0 Å². The van der Waals surface area contributed by atoms with Crippen LogP contribution in [0.25, 0.3) is 0 Å². The lowest BCUT2D eigenvalue weighted by molar-refractivity contribution is -0.131. The number of carbonyl (C=O) groups excluding carboxylic acids is 1. The van der Waals surface area contributed by atoms with Crippen molar-refractivity contribution in [1.29, 1.82) is 0 Å². The number of piperidine rings is 1. The summed E-state index contributed by atoms with van der Waals surface area (Å²) in [5.74, 6) is 1.45. The molecule has 2 N–H and O–H groups in total. The van der Waals surface area contributed by atoms with Crippen molar-refractivity contribution in [2.24, 2.45) is 5.73 Å². The molecule has 1 aliphatic heterocycles. The van der Waals surface area contributed by atoms with Crippen molar-refractivity contribution >= 4 is 5.91 Å². The molecule has 4 nitrogen and oxygen atoms in total. The van der Waals surface area contributed by atoms with E-state index in [-0.39, 0.29) is 5.91 Å². The van der Waals surface area contributed by atoms with E-state index in [4.69, 9.17) is 10.5 Å². The standard InChI is InChI=1S/C22H28N2O2/c1-17-5-2-3-7-21(17)19-6-4-13-24(16-19)22(25)15-18-8-10-20(11-9-18)26-14-12-23/h2-3,5,7-11,19H,4,6,12-16,23H2,1H3/t19-/m1/s1. The van der Waals surface area contributed by atoms with Gasteiger partial charge in [0, 0.05) is 25.6 Å². The molecule has 2 aromatic rings. The van der Waals surface area contributed by atoms with Crippen molar-refractivity contribution in [3.05, 3.63) is 65.2 Å². The molecule has 1 amide bonds. The average molecular weight is 352 g/mol. The summed E-state index contributed by atoms with van der Waals surface area (Å²) in [5.41, 5.74) is 9.16. The van der Waals surface area contributed by atoms with Gasteiger partial charge in [0.05, 0.1) is 6.42 Å². The van der Waals surface area contributed by atoms with Gasteiger partial charge in [-0.15, -0.1) is 0 Å². The van der Waals surface area contributed by atoms with Crippen molar-refractivity contribution in [2.45, 2.75) is 32.1 Å². The largest absolute Gasteiger partial charge is 0.492 e. The maximum atomic E-state index is 12.8. The first-order valence-electron chi connectivity index (χ1n) is 9.42. The Bertz CT molecular complexity index is 727. The highest BCUT2D eigenvalue weighted by molar-refractivity contribution is 5.79. The molecule has 0 spiro atoms. The number of ether oxygens (including phenoxy) is 1. The van der Waals surface area contributed by atoms with Crippen molar-refractivity contribution < 1.29 is 9.53 Å². The van der Waals surface area contributed by atoms with E-state index in [1.807, 2.05) is 29.2 Å². The van der Waals surface area contributed by atoms with Gasteiger partial charge in [-0.05, 0) is 48.6 Å². The van der Waals surface area contributed by atoms with Gasteiger partial charge in [-0.3, -0.25) is 4.79 Å².